The third kappa shape index (κ3) is 3.44. The number of benzene rings is 2. The lowest BCUT2D eigenvalue weighted by Gasteiger charge is -2.29. The van der Waals surface area contributed by atoms with Gasteiger partial charge < -0.3 is 15.0 Å². The van der Waals surface area contributed by atoms with Gasteiger partial charge in [0, 0.05) is 18.1 Å². The van der Waals surface area contributed by atoms with E-state index in [1.165, 1.54) is 0 Å². The zero-order valence-electron chi connectivity index (χ0n) is 13.0. The van der Waals surface area contributed by atoms with Crippen molar-refractivity contribution in [2.24, 2.45) is 0 Å². The molecule has 0 atom stereocenters. The minimum atomic E-state index is -0.0436. The Labute approximate surface area is 145 Å². The second kappa shape index (κ2) is 7.24. The van der Waals surface area contributed by atoms with Gasteiger partial charge in [-0.05, 0) is 36.8 Å². The lowest BCUT2D eigenvalue weighted by molar-refractivity contribution is -0.121. The second-order valence-corrected chi connectivity index (χ2v) is 5.82. The van der Waals surface area contributed by atoms with E-state index in [1.54, 1.807) is 23.1 Å². The number of nitrogens with zero attached hydrogens (tertiary/aromatic N) is 2. The van der Waals surface area contributed by atoms with E-state index in [-0.39, 0.29) is 12.5 Å². The Morgan fingerprint density at radius 2 is 2.12 bits per heavy atom. The van der Waals surface area contributed by atoms with Crippen LogP contribution in [0.3, 0.4) is 0 Å². The van der Waals surface area contributed by atoms with Gasteiger partial charge in [0.2, 0.25) is 0 Å². The Bertz CT molecular complexity index is 801. The van der Waals surface area contributed by atoms with Gasteiger partial charge in [-0.2, -0.15) is 5.26 Å². The summed E-state index contributed by atoms with van der Waals surface area (Å²) in [6.07, 6.45) is 0.744. The number of carbonyl (C=O) groups excluding carboxylic acids is 1. The number of para-hydroxylation sites is 2. The van der Waals surface area contributed by atoms with Gasteiger partial charge in [-0.25, -0.2) is 0 Å². The molecule has 122 valence electrons. The molecule has 3 rings (SSSR count). The topological polar surface area (TPSA) is 65.4 Å². The maximum absolute atomic E-state index is 12.1. The van der Waals surface area contributed by atoms with Gasteiger partial charge in [0.1, 0.15) is 11.8 Å². The van der Waals surface area contributed by atoms with Crippen LogP contribution in [0.5, 0.6) is 5.75 Å². The van der Waals surface area contributed by atoms with Crippen LogP contribution in [0.1, 0.15) is 12.0 Å². The van der Waals surface area contributed by atoms with Crippen molar-refractivity contribution < 1.29 is 9.53 Å². The van der Waals surface area contributed by atoms with E-state index in [1.807, 2.05) is 24.3 Å². The summed E-state index contributed by atoms with van der Waals surface area (Å²) >= 11 is 5.89. The standard InChI is InChI=1S/C18H16ClN3O2/c19-14-6-7-15(13(10-14)11-20)21-8-3-9-22-16-4-1-2-5-17(16)24-12-18(22)23/h1-2,4-7,10,21H,3,8-9,12H2. The molecule has 1 aliphatic rings. The number of rotatable bonds is 5. The Kier molecular flexibility index (Phi) is 4.88. The summed E-state index contributed by atoms with van der Waals surface area (Å²) in [7, 11) is 0. The van der Waals surface area contributed by atoms with Crippen molar-refractivity contribution in [2.75, 3.05) is 29.9 Å². The molecular weight excluding hydrogens is 326 g/mol. The number of hydrogen-bond donors (Lipinski definition) is 1. The number of nitrogens with one attached hydrogen (secondary N) is 1. The monoisotopic (exact) mass is 341 g/mol. The molecule has 0 aromatic heterocycles. The van der Waals surface area contributed by atoms with Crippen molar-refractivity contribution in [1.29, 1.82) is 5.26 Å². The van der Waals surface area contributed by atoms with Crippen molar-refractivity contribution in [3.63, 3.8) is 0 Å². The van der Waals surface area contributed by atoms with Gasteiger partial charge in [0.15, 0.2) is 6.61 Å². The summed E-state index contributed by atoms with van der Waals surface area (Å²) in [5.41, 5.74) is 2.06. The first-order valence-corrected chi connectivity index (χ1v) is 8.02. The Hall–Kier alpha value is -2.71. The molecule has 2 aromatic rings. The number of halogens is 1. The average Bonchev–Trinajstić information content (AvgIpc) is 2.61. The molecule has 0 saturated carbocycles. The van der Waals surface area contributed by atoms with Crippen LogP contribution in [-0.4, -0.2) is 25.6 Å². The molecule has 1 amide bonds. The fraction of sp³-hybridized carbons (Fsp3) is 0.222. The largest absolute Gasteiger partial charge is 0.482 e. The predicted molar refractivity (Wildman–Crippen MR) is 93.6 cm³/mol. The molecule has 1 N–H and O–H groups in total. The van der Waals surface area contributed by atoms with E-state index < -0.39 is 0 Å². The van der Waals surface area contributed by atoms with E-state index >= 15 is 0 Å². The molecule has 0 unspecified atom stereocenters. The molecule has 1 heterocycles. The third-order valence-corrected chi connectivity index (χ3v) is 4.02. The lowest BCUT2D eigenvalue weighted by Crippen LogP contribution is -2.39. The number of anilines is 2. The van der Waals surface area contributed by atoms with Crippen LogP contribution in [0.15, 0.2) is 42.5 Å². The quantitative estimate of drug-likeness (QED) is 0.846. The van der Waals surface area contributed by atoms with Crippen molar-refractivity contribution in [3.05, 3.63) is 53.1 Å². The minimum Gasteiger partial charge on any atom is -0.482 e. The van der Waals surface area contributed by atoms with E-state index in [9.17, 15) is 4.79 Å². The third-order valence-electron chi connectivity index (χ3n) is 3.78. The van der Waals surface area contributed by atoms with Gasteiger partial charge in [0.25, 0.3) is 5.91 Å². The number of amides is 1. The Balaban J connectivity index is 1.60. The summed E-state index contributed by atoms with van der Waals surface area (Å²) in [6.45, 7) is 1.30. The van der Waals surface area contributed by atoms with Crippen LogP contribution in [0.25, 0.3) is 0 Å². The van der Waals surface area contributed by atoms with Gasteiger partial charge >= 0.3 is 0 Å². The van der Waals surface area contributed by atoms with Crippen LogP contribution < -0.4 is 15.0 Å². The van der Waals surface area contributed by atoms with Crippen LogP contribution in [-0.2, 0) is 4.79 Å². The highest BCUT2D eigenvalue weighted by Crippen LogP contribution is 2.31. The van der Waals surface area contributed by atoms with Gasteiger partial charge in [-0.1, -0.05) is 23.7 Å². The summed E-state index contributed by atoms with van der Waals surface area (Å²) < 4.78 is 5.43. The molecular formula is C18H16ClN3O2. The SMILES string of the molecule is N#Cc1cc(Cl)ccc1NCCCN1C(=O)COc2ccccc21. The number of fused-ring (bicyclic) bond motifs is 1. The Morgan fingerprint density at radius 1 is 1.29 bits per heavy atom. The smallest absolute Gasteiger partial charge is 0.265 e. The lowest BCUT2D eigenvalue weighted by atomic mass is 10.2. The van der Waals surface area contributed by atoms with Crippen molar-refractivity contribution >= 4 is 28.9 Å². The molecule has 0 bridgehead atoms. The molecule has 6 heteroatoms. The summed E-state index contributed by atoms with van der Waals surface area (Å²) in [6, 6.07) is 14.8. The molecule has 2 aromatic carbocycles. The average molecular weight is 342 g/mol. The highest BCUT2D eigenvalue weighted by Gasteiger charge is 2.24. The molecule has 5 nitrogen and oxygen atoms in total. The summed E-state index contributed by atoms with van der Waals surface area (Å²) in [5, 5.41) is 12.9. The van der Waals surface area contributed by atoms with E-state index in [0.717, 1.165) is 23.5 Å². The second-order valence-electron chi connectivity index (χ2n) is 5.38. The molecule has 24 heavy (non-hydrogen) atoms. The van der Waals surface area contributed by atoms with Crippen molar-refractivity contribution in [1.82, 2.24) is 0 Å². The zero-order valence-corrected chi connectivity index (χ0v) is 13.7. The van der Waals surface area contributed by atoms with Crippen LogP contribution >= 0.6 is 11.6 Å². The number of ether oxygens (including phenoxy) is 1. The van der Waals surface area contributed by atoms with Gasteiger partial charge in [0.05, 0.1) is 16.9 Å². The van der Waals surface area contributed by atoms with Crippen molar-refractivity contribution in [3.8, 4) is 11.8 Å². The number of nitriles is 1. The van der Waals surface area contributed by atoms with Crippen molar-refractivity contribution in [2.45, 2.75) is 6.42 Å². The zero-order chi connectivity index (χ0) is 16.9. The van der Waals surface area contributed by atoms with Crippen LogP contribution in [0.2, 0.25) is 5.02 Å². The first kappa shape index (κ1) is 16.2. The molecule has 0 aliphatic carbocycles. The number of carbonyl (C=O) groups is 1. The Morgan fingerprint density at radius 3 is 2.96 bits per heavy atom. The van der Waals surface area contributed by atoms with E-state index in [0.29, 0.717) is 23.7 Å². The highest BCUT2D eigenvalue weighted by molar-refractivity contribution is 6.30. The van der Waals surface area contributed by atoms with Crippen LogP contribution in [0, 0.1) is 11.3 Å². The first-order chi connectivity index (χ1) is 11.7. The van der Waals surface area contributed by atoms with Crippen LogP contribution in [0.4, 0.5) is 11.4 Å². The first-order valence-electron chi connectivity index (χ1n) is 7.65. The molecule has 0 saturated heterocycles. The fourth-order valence-electron chi connectivity index (χ4n) is 2.62. The minimum absolute atomic E-state index is 0.0436. The van der Waals surface area contributed by atoms with E-state index in [4.69, 9.17) is 21.6 Å². The number of hydrogen-bond acceptors (Lipinski definition) is 4. The summed E-state index contributed by atoms with van der Waals surface area (Å²) in [4.78, 5) is 13.8. The van der Waals surface area contributed by atoms with E-state index in [2.05, 4.69) is 11.4 Å². The normalized spacial score (nSPS) is 13.0. The molecule has 0 spiro atoms. The summed E-state index contributed by atoms with van der Waals surface area (Å²) in [5.74, 6) is 0.687. The molecule has 0 fully saturated rings. The maximum atomic E-state index is 12.1. The predicted octanol–water partition coefficient (Wildman–Crippen LogP) is 3.44. The fourth-order valence-corrected chi connectivity index (χ4v) is 2.79. The molecule has 1 aliphatic heterocycles. The van der Waals surface area contributed by atoms with Gasteiger partial charge in [-0.3, -0.25) is 4.79 Å². The highest BCUT2D eigenvalue weighted by atomic mass is 35.5. The van der Waals surface area contributed by atoms with Gasteiger partial charge in [-0.15, -0.1) is 0 Å². The molecule has 0 radical (unpaired) electrons. The maximum Gasteiger partial charge on any atom is 0.265 e.